The van der Waals surface area contributed by atoms with Gasteiger partial charge in [0.15, 0.2) is 29.6 Å². The first-order chi connectivity index (χ1) is 27.3. The molecule has 3 saturated heterocycles. The van der Waals surface area contributed by atoms with Crippen molar-refractivity contribution in [3.8, 4) is 11.4 Å². The molecule has 5 heterocycles. The van der Waals surface area contributed by atoms with Gasteiger partial charge in [-0.25, -0.2) is 0 Å². The van der Waals surface area contributed by atoms with Gasteiger partial charge in [0.2, 0.25) is 0 Å². The van der Waals surface area contributed by atoms with Crippen molar-refractivity contribution in [1.29, 1.82) is 0 Å². The van der Waals surface area contributed by atoms with Crippen LogP contribution in [-0.2, 0) is 49.5 Å². The van der Waals surface area contributed by atoms with Gasteiger partial charge in [-0.15, -0.1) is 0 Å². The molecule has 0 spiro atoms. The van der Waals surface area contributed by atoms with Gasteiger partial charge >= 0.3 is 5.97 Å². The van der Waals surface area contributed by atoms with Crippen molar-refractivity contribution in [2.75, 3.05) is 33.0 Å². The molecule has 0 aliphatic carbocycles. The molecule has 0 radical (unpaired) electrons. The Balaban J connectivity index is 1.57. The lowest BCUT2D eigenvalue weighted by Gasteiger charge is -2.47. The number of hydrogen-bond donors (Lipinski definition) is 3. The van der Waals surface area contributed by atoms with Crippen LogP contribution in [0.4, 0.5) is 5.13 Å². The zero-order chi connectivity index (χ0) is 42.7. The number of aliphatic hydroxyl groups excluding tert-OH is 1. The van der Waals surface area contributed by atoms with Gasteiger partial charge in [0, 0.05) is 47.1 Å². The zero-order valence-corrected chi connectivity index (χ0v) is 35.9. The minimum atomic E-state index is -1.88. The number of aromatic nitrogens is 3. The highest BCUT2D eigenvalue weighted by Crippen LogP contribution is 2.39. The largest absolute Gasteiger partial charge is 0.459 e. The molecule has 18 heteroatoms. The Morgan fingerprint density at radius 1 is 1.07 bits per heavy atom. The molecule has 2 bridgehead atoms. The van der Waals surface area contributed by atoms with E-state index in [4.69, 9.17) is 34.3 Å². The van der Waals surface area contributed by atoms with Gasteiger partial charge in [-0.05, 0) is 73.2 Å². The van der Waals surface area contributed by atoms with Crippen LogP contribution in [-0.4, -0.2) is 134 Å². The Labute approximate surface area is 344 Å². The summed E-state index contributed by atoms with van der Waals surface area (Å²) in [6.45, 7) is 12.8. The normalized spacial score (nSPS) is 37.8. The number of nitrogen functional groups attached to an aromatic ring is 1. The van der Waals surface area contributed by atoms with Crippen LogP contribution in [0.2, 0.25) is 0 Å². The average molecular weight is 833 g/mol. The van der Waals surface area contributed by atoms with E-state index in [2.05, 4.69) is 19.5 Å². The maximum absolute atomic E-state index is 14.4. The highest BCUT2D eigenvalue weighted by molar-refractivity contribution is 7.09. The maximum atomic E-state index is 14.4. The van der Waals surface area contributed by atoms with E-state index in [9.17, 15) is 24.6 Å². The van der Waals surface area contributed by atoms with Crippen molar-refractivity contribution in [3.63, 3.8) is 0 Å². The van der Waals surface area contributed by atoms with Crippen LogP contribution in [0.3, 0.4) is 0 Å². The molecule has 4 N–H and O–H groups in total. The summed E-state index contributed by atoms with van der Waals surface area (Å²) in [6.07, 6.45) is -3.77. The number of esters is 1. The molecule has 322 valence electrons. The number of oxime groups is 1. The van der Waals surface area contributed by atoms with E-state index in [1.165, 1.54) is 13.8 Å². The van der Waals surface area contributed by atoms with E-state index >= 15 is 0 Å². The van der Waals surface area contributed by atoms with E-state index in [0.717, 1.165) is 11.5 Å². The maximum Gasteiger partial charge on any atom is 0.316 e. The van der Waals surface area contributed by atoms with E-state index in [-0.39, 0.29) is 56.3 Å². The van der Waals surface area contributed by atoms with Gasteiger partial charge in [0.1, 0.15) is 35.2 Å². The van der Waals surface area contributed by atoms with Crippen molar-refractivity contribution in [2.24, 2.45) is 28.8 Å². The van der Waals surface area contributed by atoms with Crippen LogP contribution < -0.4 is 5.73 Å². The van der Waals surface area contributed by atoms with Gasteiger partial charge in [-0.2, -0.15) is 9.36 Å². The third-order valence-electron chi connectivity index (χ3n) is 11.7. The van der Waals surface area contributed by atoms with Crippen LogP contribution in [0.5, 0.6) is 0 Å². The summed E-state index contributed by atoms with van der Waals surface area (Å²) in [7, 11) is 3.71. The Kier molecular flexibility index (Phi) is 14.8. The summed E-state index contributed by atoms with van der Waals surface area (Å²) in [5.41, 5.74) is 3.89. The third-order valence-corrected chi connectivity index (χ3v) is 12.3. The molecule has 3 aliphatic rings. The number of fused-ring (bicyclic) bond motifs is 5. The monoisotopic (exact) mass is 832 g/mol. The van der Waals surface area contributed by atoms with Crippen molar-refractivity contribution >= 4 is 39.9 Å². The Morgan fingerprint density at radius 3 is 2.41 bits per heavy atom. The summed E-state index contributed by atoms with van der Waals surface area (Å²) < 4.78 is 36.1. The standard InChI is InChI=1S/C40H60N6O11S/c1-11-29-40(8,51)34-22(4)30(47)20(2)15-39(7,53-18-27(17-52-34)44-54-19-26-13-12-25(16-42-26)35-43-38(41)58-45-35)33(23(5)31(48)24(6)36(50)56-29)57-37-32(49)28(46(9)10)14-21(3)55-37/h12-13,16,20-24,28-29,32-34,37,49,51H,11,14-15,17-19H2,1-10H3,(H2,41,43,45)/b44-27+/t20-,21-,22+,23+,24-,28+,29-,32-,33-,34+,37+,39-,40-/m1/s1. The summed E-state index contributed by atoms with van der Waals surface area (Å²) >= 11 is 1.09. The Hall–Kier alpha value is -3.49. The fourth-order valence-corrected chi connectivity index (χ4v) is 8.84. The lowest BCUT2D eigenvalue weighted by Crippen LogP contribution is -2.60. The summed E-state index contributed by atoms with van der Waals surface area (Å²) in [4.78, 5) is 58.8. The first kappa shape index (κ1) is 45.6. The predicted octanol–water partition coefficient (Wildman–Crippen LogP) is 3.20. The van der Waals surface area contributed by atoms with E-state index < -0.39 is 77.3 Å². The molecule has 58 heavy (non-hydrogen) atoms. The lowest BCUT2D eigenvalue weighted by atomic mass is 9.74. The Morgan fingerprint density at radius 2 is 1.79 bits per heavy atom. The second-order valence-electron chi connectivity index (χ2n) is 16.7. The zero-order valence-electron chi connectivity index (χ0n) is 35.1. The number of pyridine rings is 1. The minimum Gasteiger partial charge on any atom is -0.459 e. The van der Waals surface area contributed by atoms with Gasteiger partial charge in [0.25, 0.3) is 0 Å². The number of carbonyl (C=O) groups is 3. The number of cyclic esters (lactones) is 1. The van der Waals surface area contributed by atoms with Crippen LogP contribution in [0.15, 0.2) is 23.5 Å². The number of anilines is 1. The molecule has 0 amide bonds. The Bertz CT molecular complexity index is 1770. The van der Waals surface area contributed by atoms with Gasteiger partial charge in [0.05, 0.1) is 42.8 Å². The van der Waals surface area contributed by atoms with Crippen LogP contribution in [0, 0.1) is 23.7 Å². The first-order valence-corrected chi connectivity index (χ1v) is 20.7. The topological polar surface area (TPSA) is 227 Å². The number of nitrogens with two attached hydrogens (primary N) is 1. The first-order valence-electron chi connectivity index (χ1n) is 19.9. The molecule has 3 fully saturated rings. The van der Waals surface area contributed by atoms with Gasteiger partial charge < -0.3 is 49.4 Å². The smallest absolute Gasteiger partial charge is 0.316 e. The van der Waals surface area contributed by atoms with Crippen molar-refractivity contribution in [3.05, 3.63) is 24.0 Å². The quantitative estimate of drug-likeness (QED) is 0.197. The molecule has 0 unspecified atom stereocenters. The van der Waals surface area contributed by atoms with Crippen LogP contribution >= 0.6 is 11.5 Å². The fourth-order valence-electron chi connectivity index (χ4n) is 8.39. The summed E-state index contributed by atoms with van der Waals surface area (Å²) in [6, 6.07) is 3.21. The number of carbonyl (C=O) groups excluding carboxylic acids is 3. The van der Waals surface area contributed by atoms with Crippen molar-refractivity contribution in [2.45, 2.75) is 135 Å². The average Bonchev–Trinajstić information content (AvgIpc) is 3.62. The third kappa shape index (κ3) is 10.1. The second kappa shape index (κ2) is 18.8. The number of hydrogen-bond acceptors (Lipinski definition) is 18. The minimum absolute atomic E-state index is 0.0358. The summed E-state index contributed by atoms with van der Waals surface area (Å²) in [5, 5.41) is 28.5. The summed E-state index contributed by atoms with van der Waals surface area (Å²) in [5.74, 6) is -5.07. The number of ketones is 2. The van der Waals surface area contributed by atoms with Gasteiger partial charge in [-0.3, -0.25) is 19.4 Å². The van der Waals surface area contributed by atoms with Crippen molar-refractivity contribution in [1.82, 2.24) is 19.2 Å². The molecular weight excluding hydrogens is 773 g/mol. The number of aliphatic hydroxyl groups is 2. The van der Waals surface area contributed by atoms with Crippen LogP contribution in [0.1, 0.15) is 80.3 Å². The number of Topliss-reactive ketones (excluding diaryl/α,β-unsaturated/α-hetero) is 2. The van der Waals surface area contributed by atoms with Crippen molar-refractivity contribution < 1.29 is 53.1 Å². The number of nitrogens with zero attached hydrogens (tertiary/aromatic N) is 5. The van der Waals surface area contributed by atoms with E-state index in [0.29, 0.717) is 28.6 Å². The molecule has 5 rings (SSSR count). The molecular formula is C40H60N6O11S. The molecule has 17 nitrogen and oxygen atoms in total. The number of ether oxygens (including phenoxy) is 5. The van der Waals surface area contributed by atoms with Crippen LogP contribution in [0.25, 0.3) is 11.4 Å². The molecule has 3 aliphatic heterocycles. The lowest BCUT2D eigenvalue weighted by molar-refractivity contribution is -0.296. The van der Waals surface area contributed by atoms with Gasteiger partial charge in [-0.1, -0.05) is 32.9 Å². The second-order valence-corrected chi connectivity index (χ2v) is 17.4. The predicted molar refractivity (Wildman–Crippen MR) is 213 cm³/mol. The molecule has 2 aromatic rings. The SMILES string of the molecule is CC[C@H]1OC(=O)[C@H](C)C(=O)[C@H](C)[C@@H](O[C@@H]2O[C@H](C)C[C@H](N(C)C)[C@H]2O)[C@@]2(C)C[C@@H](C)C(=O)[C@H](C)[C@H](OC/C(=N\OCc3ccc(-c4nsc(N)n4)cn3)CO2)[C@]1(C)O. The number of likely N-dealkylation sites (N-methyl/N-ethyl adjacent to an activating group) is 1. The molecule has 0 saturated carbocycles. The molecule has 2 aromatic heterocycles. The molecule has 13 atom stereocenters. The highest BCUT2D eigenvalue weighted by Gasteiger charge is 2.53. The molecule has 0 aromatic carbocycles. The van der Waals surface area contributed by atoms with E-state index in [1.807, 2.05) is 25.9 Å². The fraction of sp³-hybridized carbons (Fsp3) is 0.725. The van der Waals surface area contributed by atoms with E-state index in [1.54, 1.807) is 52.9 Å². The highest BCUT2D eigenvalue weighted by atomic mass is 32.1. The number of rotatable bonds is 8.